The van der Waals surface area contributed by atoms with Crippen molar-refractivity contribution >= 4 is 11.4 Å². The molecule has 4 nitrogen and oxygen atoms in total. The minimum absolute atomic E-state index is 0.0380. The van der Waals surface area contributed by atoms with Crippen LogP contribution in [0.5, 0.6) is 5.75 Å². The maximum absolute atomic E-state index is 12.2. The quantitative estimate of drug-likeness (QED) is 0.785. The fraction of sp³-hybridized carbons (Fsp3) is 0.455. The lowest BCUT2D eigenvalue weighted by Crippen LogP contribution is -2.43. The zero-order valence-electron chi connectivity index (χ0n) is 9.33. The molecule has 6 heteroatoms. The van der Waals surface area contributed by atoms with Crippen LogP contribution in [0.4, 0.5) is 20.2 Å². The Kier molecular flexibility index (Phi) is 3.63. The van der Waals surface area contributed by atoms with Gasteiger partial charge < -0.3 is 20.7 Å². The van der Waals surface area contributed by atoms with E-state index in [4.69, 9.17) is 5.73 Å². The molecule has 0 aliphatic carbocycles. The van der Waals surface area contributed by atoms with Crippen LogP contribution in [-0.4, -0.2) is 32.8 Å². The van der Waals surface area contributed by atoms with Crippen LogP contribution in [0.2, 0.25) is 0 Å². The molecule has 0 unspecified atom stereocenters. The topological polar surface area (TPSA) is 50.5 Å². The molecule has 17 heavy (non-hydrogen) atoms. The van der Waals surface area contributed by atoms with E-state index in [0.717, 1.165) is 31.9 Å². The first-order valence-corrected chi connectivity index (χ1v) is 5.47. The molecular weight excluding hydrogens is 228 g/mol. The fourth-order valence-electron chi connectivity index (χ4n) is 1.84. The van der Waals surface area contributed by atoms with Crippen LogP contribution in [-0.2, 0) is 0 Å². The number of halogens is 2. The second-order valence-electron chi connectivity index (χ2n) is 3.84. The molecule has 94 valence electrons. The van der Waals surface area contributed by atoms with Crippen molar-refractivity contribution in [2.24, 2.45) is 0 Å². The second-order valence-corrected chi connectivity index (χ2v) is 3.84. The van der Waals surface area contributed by atoms with Gasteiger partial charge in [-0.25, -0.2) is 0 Å². The Labute approximate surface area is 98.3 Å². The van der Waals surface area contributed by atoms with Crippen LogP contribution >= 0.6 is 0 Å². The normalized spacial score (nSPS) is 16.3. The molecule has 0 bridgehead atoms. The lowest BCUT2D eigenvalue weighted by Gasteiger charge is -2.29. The highest BCUT2D eigenvalue weighted by atomic mass is 19.3. The van der Waals surface area contributed by atoms with Crippen molar-refractivity contribution in [3.63, 3.8) is 0 Å². The van der Waals surface area contributed by atoms with Crippen LogP contribution in [0.3, 0.4) is 0 Å². The Morgan fingerprint density at radius 2 is 2.00 bits per heavy atom. The number of ether oxygens (including phenoxy) is 1. The number of piperazine rings is 1. The van der Waals surface area contributed by atoms with Gasteiger partial charge in [-0.2, -0.15) is 8.78 Å². The Morgan fingerprint density at radius 3 is 2.65 bits per heavy atom. The van der Waals surface area contributed by atoms with Gasteiger partial charge in [0.25, 0.3) is 0 Å². The molecule has 1 aromatic carbocycles. The first-order valence-electron chi connectivity index (χ1n) is 5.47. The van der Waals surface area contributed by atoms with Gasteiger partial charge in [0.2, 0.25) is 0 Å². The highest BCUT2D eigenvalue weighted by Gasteiger charge is 2.14. The Balaban J connectivity index is 2.17. The number of anilines is 2. The Morgan fingerprint density at radius 1 is 1.29 bits per heavy atom. The minimum Gasteiger partial charge on any atom is -0.433 e. The summed E-state index contributed by atoms with van der Waals surface area (Å²) in [6, 6.07) is 4.97. The molecule has 0 atom stereocenters. The van der Waals surface area contributed by atoms with Gasteiger partial charge >= 0.3 is 6.61 Å². The number of benzene rings is 1. The maximum Gasteiger partial charge on any atom is 0.387 e. The summed E-state index contributed by atoms with van der Waals surface area (Å²) in [6.45, 7) is 0.608. The average molecular weight is 243 g/mol. The summed E-state index contributed by atoms with van der Waals surface area (Å²) in [5.41, 5.74) is 6.66. The standard InChI is InChI=1S/C11H15F2N3O/c12-11(13)17-10-7-8(1-2-9(10)14)16-5-3-15-4-6-16/h1-2,7,11,15H,3-6,14H2. The largest absolute Gasteiger partial charge is 0.433 e. The molecule has 0 radical (unpaired) electrons. The fourth-order valence-corrected chi connectivity index (χ4v) is 1.84. The third kappa shape index (κ3) is 2.97. The number of nitrogens with two attached hydrogens (primary N) is 1. The van der Waals surface area contributed by atoms with Gasteiger partial charge in [-0.3, -0.25) is 0 Å². The first-order chi connectivity index (χ1) is 8.16. The van der Waals surface area contributed by atoms with Gasteiger partial charge in [-0.05, 0) is 12.1 Å². The monoisotopic (exact) mass is 243 g/mol. The molecule has 0 spiro atoms. The van der Waals surface area contributed by atoms with Crippen molar-refractivity contribution in [1.82, 2.24) is 5.32 Å². The highest BCUT2D eigenvalue weighted by molar-refractivity contribution is 5.62. The third-order valence-corrected chi connectivity index (χ3v) is 2.70. The molecule has 1 aliphatic rings. The van der Waals surface area contributed by atoms with Crippen molar-refractivity contribution in [3.8, 4) is 5.75 Å². The second kappa shape index (κ2) is 5.18. The van der Waals surface area contributed by atoms with E-state index in [1.54, 1.807) is 12.1 Å². The predicted octanol–water partition coefficient (Wildman–Crippen LogP) is 1.28. The summed E-state index contributed by atoms with van der Waals surface area (Å²) < 4.78 is 28.7. The molecule has 0 aromatic heterocycles. The Bertz CT molecular complexity index is 381. The Hall–Kier alpha value is -1.56. The van der Waals surface area contributed by atoms with Crippen molar-refractivity contribution in [3.05, 3.63) is 18.2 Å². The smallest absolute Gasteiger partial charge is 0.387 e. The van der Waals surface area contributed by atoms with Crippen LogP contribution < -0.4 is 20.7 Å². The van der Waals surface area contributed by atoms with E-state index >= 15 is 0 Å². The van der Waals surface area contributed by atoms with E-state index < -0.39 is 6.61 Å². The summed E-state index contributed by atoms with van der Waals surface area (Å²) in [4.78, 5) is 2.11. The molecule has 1 saturated heterocycles. The molecule has 1 fully saturated rings. The number of nitrogen functional groups attached to an aromatic ring is 1. The third-order valence-electron chi connectivity index (χ3n) is 2.70. The number of hydrogen-bond donors (Lipinski definition) is 2. The maximum atomic E-state index is 12.2. The van der Waals surface area contributed by atoms with Crippen molar-refractivity contribution in [1.29, 1.82) is 0 Å². The number of alkyl halides is 2. The molecule has 2 rings (SSSR count). The molecule has 1 heterocycles. The van der Waals surface area contributed by atoms with Gasteiger partial charge in [0, 0.05) is 37.9 Å². The van der Waals surface area contributed by atoms with Crippen LogP contribution in [0.15, 0.2) is 18.2 Å². The zero-order chi connectivity index (χ0) is 12.3. The van der Waals surface area contributed by atoms with Gasteiger partial charge in [0.05, 0.1) is 5.69 Å². The van der Waals surface area contributed by atoms with Gasteiger partial charge in [-0.1, -0.05) is 0 Å². The van der Waals surface area contributed by atoms with E-state index in [9.17, 15) is 8.78 Å². The molecule has 3 N–H and O–H groups in total. The molecule has 0 amide bonds. The lowest BCUT2D eigenvalue weighted by molar-refractivity contribution is -0.0493. The first kappa shape index (κ1) is 11.9. The van der Waals surface area contributed by atoms with Crippen molar-refractivity contribution in [2.45, 2.75) is 6.61 Å². The molecule has 0 saturated carbocycles. The van der Waals surface area contributed by atoms with Crippen molar-refractivity contribution < 1.29 is 13.5 Å². The van der Waals surface area contributed by atoms with Crippen molar-refractivity contribution in [2.75, 3.05) is 36.8 Å². The van der Waals surface area contributed by atoms with E-state index in [1.807, 2.05) is 6.07 Å². The molecule has 1 aliphatic heterocycles. The summed E-state index contributed by atoms with van der Waals surface area (Å²) in [7, 11) is 0. The number of nitrogens with one attached hydrogen (secondary N) is 1. The summed E-state index contributed by atoms with van der Waals surface area (Å²) in [5.74, 6) is 0.0380. The zero-order valence-corrected chi connectivity index (χ0v) is 9.33. The van der Waals surface area contributed by atoms with E-state index in [1.165, 1.54) is 0 Å². The average Bonchev–Trinajstić information content (AvgIpc) is 2.32. The van der Waals surface area contributed by atoms with E-state index in [-0.39, 0.29) is 11.4 Å². The van der Waals surface area contributed by atoms with Gasteiger partial charge in [0.15, 0.2) is 5.75 Å². The number of hydrogen-bond acceptors (Lipinski definition) is 4. The van der Waals surface area contributed by atoms with E-state index in [0.29, 0.717) is 0 Å². The SMILES string of the molecule is Nc1ccc(N2CCNCC2)cc1OC(F)F. The van der Waals surface area contributed by atoms with Gasteiger partial charge in [-0.15, -0.1) is 0 Å². The van der Waals surface area contributed by atoms with Crippen LogP contribution in [0, 0.1) is 0 Å². The van der Waals surface area contributed by atoms with Crippen LogP contribution in [0.25, 0.3) is 0 Å². The number of rotatable bonds is 3. The lowest BCUT2D eigenvalue weighted by atomic mass is 10.2. The number of nitrogens with zero attached hydrogens (tertiary/aromatic N) is 1. The predicted molar refractivity (Wildman–Crippen MR) is 62.6 cm³/mol. The highest BCUT2D eigenvalue weighted by Crippen LogP contribution is 2.29. The minimum atomic E-state index is -2.85. The van der Waals surface area contributed by atoms with E-state index in [2.05, 4.69) is 15.0 Å². The summed E-state index contributed by atoms with van der Waals surface area (Å²) in [5, 5.41) is 3.23. The van der Waals surface area contributed by atoms with Crippen LogP contribution in [0.1, 0.15) is 0 Å². The summed E-state index contributed by atoms with van der Waals surface area (Å²) in [6.07, 6.45) is 0. The summed E-state index contributed by atoms with van der Waals surface area (Å²) >= 11 is 0. The van der Waals surface area contributed by atoms with Gasteiger partial charge in [0.1, 0.15) is 0 Å². The molecule has 1 aromatic rings. The molecular formula is C11H15F2N3O.